The summed E-state index contributed by atoms with van der Waals surface area (Å²) in [5, 5.41) is 8.58. The van der Waals surface area contributed by atoms with E-state index in [2.05, 4.69) is 26.1 Å². The summed E-state index contributed by atoms with van der Waals surface area (Å²) in [6.07, 6.45) is 2.47. The van der Waals surface area contributed by atoms with Crippen molar-refractivity contribution in [1.82, 2.24) is 14.8 Å². The van der Waals surface area contributed by atoms with Crippen LogP contribution in [0.4, 0.5) is 0 Å². The number of aryl methyl sites for hydroxylation is 1. The lowest BCUT2D eigenvalue weighted by molar-refractivity contribution is 0.112. The Hall–Kier alpha value is -1.14. The van der Waals surface area contributed by atoms with Crippen LogP contribution in [0.3, 0.4) is 0 Å². The average Bonchev–Trinajstić information content (AvgIpc) is 2.65. The number of halogens is 1. The van der Waals surface area contributed by atoms with Gasteiger partial charge in [-0.1, -0.05) is 15.9 Å². The molecule has 2 aromatic rings. The minimum atomic E-state index is 0.641. The summed E-state index contributed by atoms with van der Waals surface area (Å²) < 4.78 is 2.63. The molecule has 0 saturated carbocycles. The van der Waals surface area contributed by atoms with Crippen LogP contribution in [0.25, 0.3) is 0 Å². The molecule has 0 spiro atoms. The van der Waals surface area contributed by atoms with Crippen molar-refractivity contribution >= 4 is 34.0 Å². The lowest BCUT2D eigenvalue weighted by atomic mass is 10.2. The SMILES string of the molecule is Cn1cnnc1Sc1ccc(C=O)c(Br)c1. The molecule has 82 valence electrons. The largest absolute Gasteiger partial charge is 0.311 e. The molecule has 6 heteroatoms. The highest BCUT2D eigenvalue weighted by Gasteiger charge is 2.05. The van der Waals surface area contributed by atoms with Gasteiger partial charge in [0.1, 0.15) is 6.33 Å². The van der Waals surface area contributed by atoms with Gasteiger partial charge < -0.3 is 4.57 Å². The summed E-state index contributed by atoms with van der Waals surface area (Å²) in [6, 6.07) is 5.55. The van der Waals surface area contributed by atoms with Crippen molar-refractivity contribution in [3.63, 3.8) is 0 Å². The van der Waals surface area contributed by atoms with E-state index < -0.39 is 0 Å². The van der Waals surface area contributed by atoms with Crippen LogP contribution in [0.2, 0.25) is 0 Å². The van der Waals surface area contributed by atoms with E-state index in [1.165, 1.54) is 11.8 Å². The van der Waals surface area contributed by atoms with E-state index >= 15 is 0 Å². The fourth-order valence-corrected chi connectivity index (χ4v) is 2.56. The number of rotatable bonds is 3. The second-order valence-corrected chi connectivity index (χ2v) is 5.02. The van der Waals surface area contributed by atoms with Crippen LogP contribution in [0.15, 0.2) is 39.1 Å². The van der Waals surface area contributed by atoms with Crippen molar-refractivity contribution in [3.05, 3.63) is 34.6 Å². The van der Waals surface area contributed by atoms with Gasteiger partial charge in [-0.3, -0.25) is 4.79 Å². The van der Waals surface area contributed by atoms with E-state index in [-0.39, 0.29) is 0 Å². The molecule has 0 radical (unpaired) electrons. The highest BCUT2D eigenvalue weighted by Crippen LogP contribution is 2.28. The van der Waals surface area contributed by atoms with E-state index in [9.17, 15) is 4.79 Å². The van der Waals surface area contributed by atoms with E-state index in [4.69, 9.17) is 0 Å². The summed E-state index contributed by atoms with van der Waals surface area (Å²) in [4.78, 5) is 11.7. The van der Waals surface area contributed by atoms with Gasteiger partial charge in [0, 0.05) is 22.0 Å². The van der Waals surface area contributed by atoms with Crippen LogP contribution in [0, 0.1) is 0 Å². The summed E-state index contributed by atoms with van der Waals surface area (Å²) in [6.45, 7) is 0. The second kappa shape index (κ2) is 4.80. The molecule has 2 rings (SSSR count). The van der Waals surface area contributed by atoms with Crippen LogP contribution in [-0.4, -0.2) is 21.1 Å². The van der Waals surface area contributed by atoms with Crippen LogP contribution < -0.4 is 0 Å². The molecule has 0 atom stereocenters. The predicted octanol–water partition coefficient (Wildman–Crippen LogP) is 2.54. The molecule has 0 N–H and O–H groups in total. The minimum absolute atomic E-state index is 0.641. The topological polar surface area (TPSA) is 47.8 Å². The monoisotopic (exact) mass is 297 g/mol. The Bertz CT molecular complexity index is 527. The Kier molecular flexibility index (Phi) is 3.40. The lowest BCUT2D eigenvalue weighted by Gasteiger charge is -2.02. The van der Waals surface area contributed by atoms with Gasteiger partial charge in [0.2, 0.25) is 0 Å². The first-order chi connectivity index (χ1) is 7.70. The molecule has 16 heavy (non-hydrogen) atoms. The van der Waals surface area contributed by atoms with Crippen molar-refractivity contribution in [3.8, 4) is 0 Å². The maximum absolute atomic E-state index is 10.6. The number of hydrogen-bond donors (Lipinski definition) is 0. The first-order valence-corrected chi connectivity index (χ1v) is 6.08. The van der Waals surface area contributed by atoms with Crippen molar-refractivity contribution < 1.29 is 4.79 Å². The molecule has 0 aliphatic rings. The quantitative estimate of drug-likeness (QED) is 0.817. The normalized spacial score (nSPS) is 10.4. The first kappa shape index (κ1) is 11.3. The number of aldehydes is 1. The lowest BCUT2D eigenvalue weighted by Crippen LogP contribution is -1.89. The summed E-state index contributed by atoms with van der Waals surface area (Å²) in [7, 11) is 1.89. The fraction of sp³-hybridized carbons (Fsp3) is 0.100. The predicted molar refractivity (Wildman–Crippen MR) is 64.7 cm³/mol. The molecule has 1 heterocycles. The fourth-order valence-electron chi connectivity index (χ4n) is 1.14. The van der Waals surface area contributed by atoms with Crippen molar-refractivity contribution in [2.24, 2.45) is 7.05 Å². The van der Waals surface area contributed by atoms with Crippen molar-refractivity contribution in [2.75, 3.05) is 0 Å². The molecule has 4 nitrogen and oxygen atoms in total. The number of benzene rings is 1. The number of hydrogen-bond acceptors (Lipinski definition) is 4. The van der Waals surface area contributed by atoms with Crippen molar-refractivity contribution in [2.45, 2.75) is 10.1 Å². The van der Waals surface area contributed by atoms with Gasteiger partial charge in [0.05, 0.1) is 0 Å². The smallest absolute Gasteiger partial charge is 0.195 e. The van der Waals surface area contributed by atoms with E-state index in [0.29, 0.717) is 5.56 Å². The van der Waals surface area contributed by atoms with Gasteiger partial charge in [0.25, 0.3) is 0 Å². The first-order valence-electron chi connectivity index (χ1n) is 4.47. The highest BCUT2D eigenvalue weighted by molar-refractivity contribution is 9.10. The van der Waals surface area contributed by atoms with Crippen LogP contribution in [-0.2, 0) is 7.05 Å². The third-order valence-electron chi connectivity index (χ3n) is 1.98. The highest BCUT2D eigenvalue weighted by atomic mass is 79.9. The Balaban J connectivity index is 2.26. The van der Waals surface area contributed by atoms with Crippen LogP contribution >= 0.6 is 27.7 Å². The number of carbonyl (C=O) groups is 1. The van der Waals surface area contributed by atoms with Crippen LogP contribution in [0.5, 0.6) is 0 Å². The minimum Gasteiger partial charge on any atom is -0.311 e. The molecule has 0 aliphatic carbocycles. The van der Waals surface area contributed by atoms with Gasteiger partial charge in [-0.25, -0.2) is 0 Å². The van der Waals surface area contributed by atoms with Gasteiger partial charge in [-0.05, 0) is 30.0 Å². The van der Waals surface area contributed by atoms with E-state index in [1.807, 2.05) is 23.7 Å². The molecule has 0 fully saturated rings. The molecule has 1 aromatic heterocycles. The zero-order valence-corrected chi connectivity index (χ0v) is 10.8. The second-order valence-electron chi connectivity index (χ2n) is 3.13. The number of carbonyl (C=O) groups excluding carboxylic acids is 1. The average molecular weight is 298 g/mol. The molecule has 0 amide bonds. The van der Waals surface area contributed by atoms with Crippen molar-refractivity contribution in [1.29, 1.82) is 0 Å². The maximum Gasteiger partial charge on any atom is 0.195 e. The Morgan fingerprint density at radius 2 is 2.31 bits per heavy atom. The number of nitrogens with zero attached hydrogens (tertiary/aromatic N) is 3. The van der Waals surface area contributed by atoms with Gasteiger partial charge in [-0.15, -0.1) is 10.2 Å². The maximum atomic E-state index is 10.6. The Morgan fingerprint density at radius 3 is 2.88 bits per heavy atom. The molecule has 0 aliphatic heterocycles. The van der Waals surface area contributed by atoms with Gasteiger partial charge in [0.15, 0.2) is 11.4 Å². The zero-order chi connectivity index (χ0) is 11.5. The molecule has 1 aromatic carbocycles. The van der Waals surface area contributed by atoms with Gasteiger partial charge >= 0.3 is 0 Å². The molecular weight excluding hydrogens is 290 g/mol. The van der Waals surface area contributed by atoms with E-state index in [1.54, 1.807) is 12.4 Å². The van der Waals surface area contributed by atoms with E-state index in [0.717, 1.165) is 20.8 Å². The molecule has 0 saturated heterocycles. The van der Waals surface area contributed by atoms with Gasteiger partial charge in [-0.2, -0.15) is 0 Å². The Morgan fingerprint density at radius 1 is 1.50 bits per heavy atom. The zero-order valence-electron chi connectivity index (χ0n) is 8.42. The van der Waals surface area contributed by atoms with Crippen LogP contribution in [0.1, 0.15) is 10.4 Å². The summed E-state index contributed by atoms with van der Waals surface area (Å²) in [5.41, 5.74) is 0.641. The Labute approximate surface area is 105 Å². The third-order valence-corrected chi connectivity index (χ3v) is 3.71. The molecule has 0 unspecified atom stereocenters. The number of aromatic nitrogens is 3. The molecular formula is C10H8BrN3OS. The third kappa shape index (κ3) is 2.33. The molecule has 0 bridgehead atoms. The summed E-state index contributed by atoms with van der Waals surface area (Å²) >= 11 is 4.84. The standard InChI is InChI=1S/C10H8BrN3OS/c1-14-6-12-13-10(14)16-8-3-2-7(5-15)9(11)4-8/h2-6H,1H3. The summed E-state index contributed by atoms with van der Waals surface area (Å²) in [5.74, 6) is 0.